The number of thioether (sulfide) groups is 1. The van der Waals surface area contributed by atoms with Crippen molar-refractivity contribution in [1.29, 1.82) is 0 Å². The number of ketones is 1. The van der Waals surface area contributed by atoms with Crippen LogP contribution in [-0.4, -0.2) is 29.8 Å². The van der Waals surface area contributed by atoms with Gasteiger partial charge in [-0.05, 0) is 111 Å². The molecule has 0 aromatic rings. The molecule has 184 valence electrons. The van der Waals surface area contributed by atoms with Crippen LogP contribution in [0, 0.1) is 46.3 Å². The van der Waals surface area contributed by atoms with E-state index in [1.165, 1.54) is 18.2 Å². The highest BCUT2D eigenvalue weighted by Gasteiger charge is 2.66. The number of halogens is 3. The lowest BCUT2D eigenvalue weighted by Gasteiger charge is -2.62. The number of hydrogen-bond acceptors (Lipinski definition) is 3. The Bertz CT molecular complexity index is 726. The van der Waals surface area contributed by atoms with Gasteiger partial charge in [-0.3, -0.25) is 4.79 Å². The van der Waals surface area contributed by atoms with Crippen LogP contribution in [0.5, 0.6) is 0 Å². The Balaban J connectivity index is 1.56. The molecule has 4 aliphatic carbocycles. The summed E-state index contributed by atoms with van der Waals surface area (Å²) in [5, 5.41) is 0. The van der Waals surface area contributed by atoms with Crippen LogP contribution in [0.25, 0.3) is 0 Å². The Hall–Kier alpha value is -0.230. The van der Waals surface area contributed by atoms with Crippen molar-refractivity contribution < 1.29 is 22.7 Å². The molecule has 0 radical (unpaired) electrons. The predicted molar refractivity (Wildman–Crippen MR) is 123 cm³/mol. The van der Waals surface area contributed by atoms with Gasteiger partial charge in [0.05, 0.1) is 5.94 Å². The minimum atomic E-state index is -4.31. The van der Waals surface area contributed by atoms with Crippen molar-refractivity contribution in [3.8, 4) is 0 Å². The van der Waals surface area contributed by atoms with E-state index in [4.69, 9.17) is 4.74 Å². The fourth-order valence-corrected chi connectivity index (χ4v) is 9.36. The van der Waals surface area contributed by atoms with Crippen LogP contribution in [-0.2, 0) is 9.53 Å². The molecule has 0 N–H and O–H groups in total. The monoisotopic (exact) mass is 474 g/mol. The molecule has 0 aromatic carbocycles. The first-order chi connectivity index (χ1) is 14.9. The molecule has 9 atom stereocenters. The molecule has 2 nitrogen and oxygen atoms in total. The smallest absolute Gasteiger partial charge is 0.355 e. The van der Waals surface area contributed by atoms with E-state index in [-0.39, 0.29) is 41.4 Å². The van der Waals surface area contributed by atoms with E-state index in [0.717, 1.165) is 32.1 Å². The second kappa shape index (κ2) is 8.46. The summed E-state index contributed by atoms with van der Waals surface area (Å²) < 4.78 is 48.1. The van der Waals surface area contributed by atoms with E-state index in [9.17, 15) is 18.0 Å². The van der Waals surface area contributed by atoms with Crippen LogP contribution in [0.3, 0.4) is 0 Å². The summed E-state index contributed by atoms with van der Waals surface area (Å²) in [5.41, 5.74) is -1.78. The first-order valence-electron chi connectivity index (χ1n) is 12.6. The predicted octanol–water partition coefficient (Wildman–Crippen LogP) is 7.51. The van der Waals surface area contributed by atoms with E-state index in [1.54, 1.807) is 13.2 Å². The second-order valence-corrected chi connectivity index (χ2v) is 12.8. The molecule has 32 heavy (non-hydrogen) atoms. The van der Waals surface area contributed by atoms with Gasteiger partial charge < -0.3 is 4.74 Å². The highest BCUT2D eigenvalue weighted by atomic mass is 32.2. The zero-order valence-corrected chi connectivity index (χ0v) is 21.2. The van der Waals surface area contributed by atoms with Crippen LogP contribution in [0.1, 0.15) is 85.5 Å². The number of alkyl halides is 3. The summed E-state index contributed by atoms with van der Waals surface area (Å²) in [6.45, 7) is 8.56. The van der Waals surface area contributed by atoms with Crippen molar-refractivity contribution in [2.75, 3.05) is 12.2 Å². The third-order valence-corrected chi connectivity index (χ3v) is 11.4. The molecule has 4 aliphatic rings. The summed E-state index contributed by atoms with van der Waals surface area (Å²) in [4.78, 5) is 12.2. The Kier molecular flexibility index (Phi) is 6.58. The number of Topliss-reactive ketones (excluding diaryl/α,β-unsaturated/α-hetero) is 1. The Morgan fingerprint density at radius 3 is 2.34 bits per heavy atom. The summed E-state index contributed by atoms with van der Waals surface area (Å²) in [7, 11) is 0. The zero-order chi connectivity index (χ0) is 23.5. The van der Waals surface area contributed by atoms with Gasteiger partial charge in [0.25, 0.3) is 0 Å². The average Bonchev–Trinajstić information content (AvgIpc) is 3.07. The Labute approximate surface area is 196 Å². The Morgan fingerprint density at radius 1 is 1.03 bits per heavy atom. The summed E-state index contributed by atoms with van der Waals surface area (Å²) in [6.07, 6.45) is 4.80. The van der Waals surface area contributed by atoms with Crippen molar-refractivity contribution in [2.45, 2.75) is 97.3 Å². The van der Waals surface area contributed by atoms with Crippen LogP contribution < -0.4 is 0 Å². The zero-order valence-electron chi connectivity index (χ0n) is 20.4. The molecule has 4 saturated carbocycles. The number of rotatable bonds is 5. The van der Waals surface area contributed by atoms with E-state index in [2.05, 4.69) is 20.8 Å². The van der Waals surface area contributed by atoms with Gasteiger partial charge in [0.1, 0.15) is 5.78 Å². The molecule has 0 spiro atoms. The van der Waals surface area contributed by atoms with Crippen molar-refractivity contribution >= 4 is 17.5 Å². The lowest BCUT2D eigenvalue weighted by Crippen LogP contribution is -2.60. The topological polar surface area (TPSA) is 26.3 Å². The third kappa shape index (κ3) is 3.69. The molecule has 0 heterocycles. The molecular formula is C26H41F3O2S. The quantitative estimate of drug-likeness (QED) is 0.386. The van der Waals surface area contributed by atoms with E-state index < -0.39 is 11.8 Å². The van der Waals surface area contributed by atoms with Crippen LogP contribution in [0.2, 0.25) is 0 Å². The minimum Gasteiger partial charge on any atom is -0.355 e. The van der Waals surface area contributed by atoms with Crippen molar-refractivity contribution in [3.63, 3.8) is 0 Å². The van der Waals surface area contributed by atoms with Crippen LogP contribution in [0.4, 0.5) is 13.2 Å². The fourth-order valence-electron chi connectivity index (χ4n) is 9.02. The normalized spacial score (nSPS) is 47.3. The first-order valence-corrected chi connectivity index (χ1v) is 14.0. The number of fused-ring (bicyclic) bond motifs is 5. The van der Waals surface area contributed by atoms with Gasteiger partial charge >= 0.3 is 6.18 Å². The first kappa shape index (κ1) is 24.9. The highest BCUT2D eigenvalue weighted by molar-refractivity contribution is 7.98. The number of carbonyl (C=O) groups excluding carboxylic acids is 1. The van der Waals surface area contributed by atoms with E-state index >= 15 is 0 Å². The van der Waals surface area contributed by atoms with Crippen molar-refractivity contribution in [2.24, 2.45) is 46.3 Å². The van der Waals surface area contributed by atoms with Gasteiger partial charge in [-0.2, -0.15) is 13.2 Å². The molecular weight excluding hydrogens is 433 g/mol. The minimum absolute atomic E-state index is 0.0218. The lowest BCUT2D eigenvalue weighted by molar-refractivity contribution is -0.301. The average molecular weight is 475 g/mol. The third-order valence-electron chi connectivity index (χ3n) is 11.0. The molecule has 4 rings (SSSR count). The van der Waals surface area contributed by atoms with Gasteiger partial charge in [-0.15, -0.1) is 11.8 Å². The molecule has 0 aromatic heterocycles. The van der Waals surface area contributed by atoms with Gasteiger partial charge in [0.15, 0.2) is 5.60 Å². The van der Waals surface area contributed by atoms with Gasteiger partial charge in [0, 0.05) is 5.92 Å². The van der Waals surface area contributed by atoms with Gasteiger partial charge in [-0.25, -0.2) is 0 Å². The van der Waals surface area contributed by atoms with Crippen molar-refractivity contribution in [3.05, 3.63) is 0 Å². The molecule has 0 saturated heterocycles. The van der Waals surface area contributed by atoms with Gasteiger partial charge in [-0.1, -0.05) is 20.8 Å². The largest absolute Gasteiger partial charge is 0.417 e. The van der Waals surface area contributed by atoms with Gasteiger partial charge in [0.2, 0.25) is 0 Å². The van der Waals surface area contributed by atoms with Crippen LogP contribution >= 0.6 is 11.8 Å². The summed E-state index contributed by atoms with van der Waals surface area (Å²) >= 11 is 1.32. The van der Waals surface area contributed by atoms with E-state index in [1.807, 2.05) is 0 Å². The maximum absolute atomic E-state index is 14.2. The highest BCUT2D eigenvalue weighted by Crippen LogP contribution is 2.69. The maximum atomic E-state index is 14.2. The molecule has 6 heteroatoms. The second-order valence-electron chi connectivity index (χ2n) is 12.0. The molecule has 0 aliphatic heterocycles. The summed E-state index contributed by atoms with van der Waals surface area (Å²) in [6, 6.07) is 0. The number of ether oxygens (including phenoxy) is 1. The van der Waals surface area contributed by atoms with Crippen LogP contribution in [0.15, 0.2) is 0 Å². The summed E-state index contributed by atoms with van der Waals surface area (Å²) in [5.74, 6) is 2.79. The standard InChI is InChI=1S/C26H41F3O2S/c1-16(17(2)30)20-8-9-21-19-7-6-18-14-25(26(27,28)29,31-15-32-5)13-12-23(18,3)22(19)10-11-24(20,21)4/h16,18-22H,6-15H2,1-5H3/t16-,18-,19+,20-,21+,22+,23+,24-,25-/m1/s1. The number of carbonyl (C=O) groups is 1. The molecule has 0 bridgehead atoms. The SMILES string of the molecule is CSCO[C@]1(C(F)(F)F)CC[C@@]2(C)[C@H](CC[C@@H]3[C@@H]2CC[C@]2(C)[C@@H]([C@H](C)C(C)=O)CC[C@@H]32)C1. The molecule has 4 fully saturated rings. The van der Waals surface area contributed by atoms with Crippen molar-refractivity contribution in [1.82, 2.24) is 0 Å². The lowest BCUT2D eigenvalue weighted by atomic mass is 9.43. The number of hydrogen-bond donors (Lipinski definition) is 0. The molecule has 0 amide bonds. The Morgan fingerprint density at radius 2 is 1.72 bits per heavy atom. The fraction of sp³-hybridized carbons (Fsp3) is 0.962. The maximum Gasteiger partial charge on any atom is 0.417 e. The van der Waals surface area contributed by atoms with E-state index in [0.29, 0.717) is 35.9 Å². The molecule has 0 unspecified atom stereocenters.